The zero-order valence-corrected chi connectivity index (χ0v) is 13.3. The summed E-state index contributed by atoms with van der Waals surface area (Å²) in [5.74, 6) is -0.186. The lowest BCUT2D eigenvalue weighted by Gasteiger charge is -2.16. The quantitative estimate of drug-likeness (QED) is 0.839. The van der Waals surface area contributed by atoms with Crippen LogP contribution in [0.15, 0.2) is 53.0 Å². The van der Waals surface area contributed by atoms with E-state index in [0.29, 0.717) is 15.6 Å². The number of hydrogen-bond acceptors (Lipinski definition) is 2. The minimum absolute atomic E-state index is 0.0643. The number of rotatable bonds is 5. The third-order valence-electron chi connectivity index (χ3n) is 3.05. The van der Waals surface area contributed by atoms with Crippen LogP contribution in [0.3, 0.4) is 0 Å². The monoisotopic (exact) mass is 369 g/mol. The van der Waals surface area contributed by atoms with Crippen LogP contribution in [0.25, 0.3) is 0 Å². The van der Waals surface area contributed by atoms with Crippen LogP contribution < -0.4 is 10.1 Å². The number of ether oxygens (including phenoxy) is 1. The van der Waals surface area contributed by atoms with Crippen LogP contribution in [0.5, 0.6) is 5.75 Å². The Bertz CT molecular complexity index is 664. The van der Waals surface area contributed by atoms with Crippen molar-refractivity contribution in [1.29, 1.82) is 0 Å². The molecule has 1 atom stereocenters. The van der Waals surface area contributed by atoms with Gasteiger partial charge in [0.2, 0.25) is 0 Å². The molecule has 0 saturated heterocycles. The smallest absolute Gasteiger partial charge is 0.387 e. The van der Waals surface area contributed by atoms with Crippen LogP contribution in [0, 0.1) is 0 Å². The van der Waals surface area contributed by atoms with E-state index < -0.39 is 6.61 Å². The van der Waals surface area contributed by atoms with Crippen molar-refractivity contribution in [3.8, 4) is 5.75 Å². The molecule has 2 rings (SSSR count). The Labute approximate surface area is 135 Å². The molecule has 1 N–H and O–H groups in total. The summed E-state index contributed by atoms with van der Waals surface area (Å²) in [7, 11) is 0. The molecule has 0 fully saturated rings. The fourth-order valence-electron chi connectivity index (χ4n) is 1.96. The van der Waals surface area contributed by atoms with Crippen molar-refractivity contribution in [1.82, 2.24) is 5.32 Å². The number of benzene rings is 2. The Hall–Kier alpha value is -1.95. The lowest BCUT2D eigenvalue weighted by atomic mass is 10.1. The molecular formula is C16H14BrF2NO2. The summed E-state index contributed by atoms with van der Waals surface area (Å²) in [6, 6.07) is 13.0. The maximum Gasteiger partial charge on any atom is 0.387 e. The van der Waals surface area contributed by atoms with E-state index in [4.69, 9.17) is 0 Å². The number of hydrogen-bond donors (Lipinski definition) is 1. The molecule has 0 unspecified atom stereocenters. The Morgan fingerprint density at radius 1 is 1.18 bits per heavy atom. The lowest BCUT2D eigenvalue weighted by molar-refractivity contribution is -0.0499. The highest BCUT2D eigenvalue weighted by atomic mass is 79.9. The van der Waals surface area contributed by atoms with Gasteiger partial charge in [0.1, 0.15) is 5.75 Å². The molecule has 3 nitrogen and oxygen atoms in total. The molecule has 0 aliphatic carbocycles. The normalized spacial score (nSPS) is 12.0. The first-order chi connectivity index (χ1) is 10.5. The zero-order valence-electron chi connectivity index (χ0n) is 11.7. The maximum absolute atomic E-state index is 12.2. The number of nitrogens with one attached hydrogen (secondary N) is 1. The average Bonchev–Trinajstić information content (AvgIpc) is 2.47. The number of carbonyl (C=O) groups excluding carboxylic acids is 1. The second-order valence-corrected chi connectivity index (χ2v) is 5.48. The zero-order chi connectivity index (χ0) is 16.1. The summed E-state index contributed by atoms with van der Waals surface area (Å²) in [4.78, 5) is 12.2. The standard InChI is InChI=1S/C16H14BrF2NO2/c1-10(11-5-4-6-12(9-11)22-16(18)19)20-15(21)13-7-2-3-8-14(13)17/h2-10,16H,1H3,(H,20,21)/t10-/m0/s1. The van der Waals surface area contributed by atoms with E-state index in [1.807, 2.05) is 6.07 Å². The van der Waals surface area contributed by atoms with E-state index in [9.17, 15) is 13.6 Å². The van der Waals surface area contributed by atoms with Crippen LogP contribution in [-0.4, -0.2) is 12.5 Å². The first-order valence-electron chi connectivity index (χ1n) is 6.57. The van der Waals surface area contributed by atoms with Crippen molar-refractivity contribution in [2.45, 2.75) is 19.6 Å². The van der Waals surface area contributed by atoms with Gasteiger partial charge in [-0.1, -0.05) is 24.3 Å². The predicted molar refractivity (Wildman–Crippen MR) is 83.1 cm³/mol. The predicted octanol–water partition coefficient (Wildman–Crippen LogP) is 4.54. The maximum atomic E-state index is 12.2. The Kier molecular flexibility index (Phi) is 5.49. The molecule has 0 bridgehead atoms. The highest BCUT2D eigenvalue weighted by molar-refractivity contribution is 9.10. The van der Waals surface area contributed by atoms with Crippen LogP contribution >= 0.6 is 15.9 Å². The Morgan fingerprint density at radius 3 is 2.59 bits per heavy atom. The van der Waals surface area contributed by atoms with Gasteiger partial charge in [0, 0.05) is 4.47 Å². The van der Waals surface area contributed by atoms with Crippen molar-refractivity contribution in [2.24, 2.45) is 0 Å². The third-order valence-corrected chi connectivity index (χ3v) is 3.74. The van der Waals surface area contributed by atoms with Gasteiger partial charge in [-0.25, -0.2) is 0 Å². The van der Waals surface area contributed by atoms with Gasteiger partial charge >= 0.3 is 6.61 Å². The van der Waals surface area contributed by atoms with Gasteiger partial charge < -0.3 is 10.1 Å². The van der Waals surface area contributed by atoms with Gasteiger partial charge in [-0.05, 0) is 52.7 Å². The van der Waals surface area contributed by atoms with Gasteiger partial charge in [0.15, 0.2) is 0 Å². The summed E-state index contributed by atoms with van der Waals surface area (Å²) in [6.07, 6.45) is 0. The summed E-state index contributed by atoms with van der Waals surface area (Å²) < 4.78 is 29.5. The largest absolute Gasteiger partial charge is 0.435 e. The second kappa shape index (κ2) is 7.35. The highest BCUT2D eigenvalue weighted by Gasteiger charge is 2.14. The minimum atomic E-state index is -2.87. The molecule has 2 aromatic carbocycles. The molecule has 0 aromatic heterocycles. The van der Waals surface area contributed by atoms with Crippen LogP contribution in [0.4, 0.5) is 8.78 Å². The molecule has 22 heavy (non-hydrogen) atoms. The third kappa shape index (κ3) is 4.27. The van der Waals surface area contributed by atoms with Crippen molar-refractivity contribution < 1.29 is 18.3 Å². The summed E-state index contributed by atoms with van der Waals surface area (Å²) in [5.41, 5.74) is 1.19. The van der Waals surface area contributed by atoms with Gasteiger partial charge in [0.05, 0.1) is 11.6 Å². The second-order valence-electron chi connectivity index (χ2n) is 4.63. The number of amides is 1. The molecule has 116 valence electrons. The highest BCUT2D eigenvalue weighted by Crippen LogP contribution is 2.22. The van der Waals surface area contributed by atoms with E-state index in [1.165, 1.54) is 12.1 Å². The summed E-state index contributed by atoms with van der Waals surface area (Å²) in [6.45, 7) is -1.10. The van der Waals surface area contributed by atoms with Gasteiger partial charge in [-0.15, -0.1) is 0 Å². The summed E-state index contributed by atoms with van der Waals surface area (Å²) in [5, 5.41) is 2.82. The van der Waals surface area contributed by atoms with Gasteiger partial charge in [0.25, 0.3) is 5.91 Å². The Balaban J connectivity index is 2.10. The topological polar surface area (TPSA) is 38.3 Å². The molecule has 0 spiro atoms. The molecular weight excluding hydrogens is 356 g/mol. The fourth-order valence-corrected chi connectivity index (χ4v) is 2.43. The average molecular weight is 370 g/mol. The molecule has 0 radical (unpaired) electrons. The van der Waals surface area contributed by atoms with E-state index in [-0.39, 0.29) is 17.7 Å². The SMILES string of the molecule is C[C@H](NC(=O)c1ccccc1Br)c1cccc(OC(F)F)c1. The fraction of sp³-hybridized carbons (Fsp3) is 0.188. The molecule has 1 amide bonds. The molecule has 0 heterocycles. The van der Waals surface area contributed by atoms with E-state index in [2.05, 4.69) is 26.0 Å². The first kappa shape index (κ1) is 16.4. The molecule has 0 aliphatic heterocycles. The van der Waals surface area contributed by atoms with Crippen LogP contribution in [0.2, 0.25) is 0 Å². The summed E-state index contributed by atoms with van der Waals surface area (Å²) >= 11 is 3.32. The number of alkyl halides is 2. The molecule has 0 aliphatic rings. The number of carbonyl (C=O) groups is 1. The van der Waals surface area contributed by atoms with Crippen LogP contribution in [-0.2, 0) is 0 Å². The minimum Gasteiger partial charge on any atom is -0.435 e. The van der Waals surface area contributed by atoms with Crippen molar-refractivity contribution in [2.75, 3.05) is 0 Å². The molecule has 6 heteroatoms. The van der Waals surface area contributed by atoms with Crippen molar-refractivity contribution >= 4 is 21.8 Å². The number of halogens is 3. The van der Waals surface area contributed by atoms with E-state index >= 15 is 0 Å². The van der Waals surface area contributed by atoms with Crippen LogP contribution in [0.1, 0.15) is 28.9 Å². The van der Waals surface area contributed by atoms with E-state index in [1.54, 1.807) is 37.3 Å². The van der Waals surface area contributed by atoms with Crippen molar-refractivity contribution in [3.63, 3.8) is 0 Å². The van der Waals surface area contributed by atoms with Gasteiger partial charge in [-0.3, -0.25) is 4.79 Å². The van der Waals surface area contributed by atoms with E-state index in [0.717, 1.165) is 0 Å². The first-order valence-corrected chi connectivity index (χ1v) is 7.37. The molecule has 0 saturated carbocycles. The molecule has 2 aromatic rings. The van der Waals surface area contributed by atoms with Gasteiger partial charge in [-0.2, -0.15) is 8.78 Å². The lowest BCUT2D eigenvalue weighted by Crippen LogP contribution is -2.26. The Morgan fingerprint density at radius 2 is 1.91 bits per heavy atom. The van der Waals surface area contributed by atoms with Crippen molar-refractivity contribution in [3.05, 3.63) is 64.1 Å².